The van der Waals surface area contributed by atoms with Gasteiger partial charge in [0.05, 0.1) is 13.0 Å². The molecule has 0 amide bonds. The fourth-order valence-electron chi connectivity index (χ4n) is 2.00. The van der Waals surface area contributed by atoms with Gasteiger partial charge in [-0.15, -0.1) is 0 Å². The molecule has 2 atom stereocenters. The molecule has 17 heavy (non-hydrogen) atoms. The Balaban J connectivity index is 2.98. The van der Waals surface area contributed by atoms with E-state index in [1.807, 2.05) is 0 Å². The van der Waals surface area contributed by atoms with Crippen LogP contribution in [-0.4, -0.2) is 30.7 Å². The summed E-state index contributed by atoms with van der Waals surface area (Å²) in [5.74, 6) is -0.939. The van der Waals surface area contributed by atoms with Crippen LogP contribution in [0.15, 0.2) is 0 Å². The Morgan fingerprint density at radius 3 is 2.71 bits per heavy atom. The average molecular weight is 239 g/mol. The van der Waals surface area contributed by atoms with Crippen molar-refractivity contribution in [2.45, 2.75) is 39.2 Å². The van der Waals surface area contributed by atoms with Crippen molar-refractivity contribution in [1.82, 2.24) is 0 Å². The fourth-order valence-corrected chi connectivity index (χ4v) is 2.00. The summed E-state index contributed by atoms with van der Waals surface area (Å²) >= 11 is 0. The van der Waals surface area contributed by atoms with Crippen LogP contribution < -0.4 is 0 Å². The molecular formula is C12H17NO4. The molecule has 0 saturated carbocycles. The standard InChI is InChI=1S/C12H17NO4/c1-5-12(13-4)7-11(3,8-17-10(12)15)9(14)16-6-2/h5-8H2,1-3H3. The van der Waals surface area contributed by atoms with Crippen LogP contribution in [0.2, 0.25) is 0 Å². The Morgan fingerprint density at radius 2 is 2.24 bits per heavy atom. The molecule has 1 heterocycles. The Labute approximate surface area is 101 Å². The molecule has 0 bridgehead atoms. The zero-order chi connectivity index (χ0) is 13.1. The van der Waals surface area contributed by atoms with Gasteiger partial charge in [0.1, 0.15) is 12.0 Å². The van der Waals surface area contributed by atoms with Gasteiger partial charge in [-0.3, -0.25) is 9.64 Å². The lowest BCUT2D eigenvalue weighted by molar-refractivity contribution is -0.175. The van der Waals surface area contributed by atoms with Crippen LogP contribution >= 0.6 is 0 Å². The molecule has 0 spiro atoms. The maximum Gasteiger partial charge on any atom is 0.393 e. The maximum atomic E-state index is 11.8. The number of esters is 2. The molecule has 1 rings (SSSR count). The summed E-state index contributed by atoms with van der Waals surface area (Å²) < 4.78 is 9.97. The quantitative estimate of drug-likeness (QED) is 0.554. The van der Waals surface area contributed by atoms with Crippen molar-refractivity contribution in [3.63, 3.8) is 0 Å². The summed E-state index contributed by atoms with van der Waals surface area (Å²) in [5.41, 5.74) is -2.15. The van der Waals surface area contributed by atoms with Gasteiger partial charge in [0, 0.05) is 6.42 Å². The molecular weight excluding hydrogens is 222 g/mol. The molecule has 0 aromatic rings. The van der Waals surface area contributed by atoms with Gasteiger partial charge in [-0.2, -0.15) is 0 Å². The molecule has 1 aliphatic heterocycles. The molecule has 0 aromatic heterocycles. The van der Waals surface area contributed by atoms with Gasteiger partial charge in [0.15, 0.2) is 0 Å². The minimum atomic E-state index is -1.24. The second-order valence-electron chi connectivity index (χ2n) is 4.53. The first-order valence-electron chi connectivity index (χ1n) is 5.67. The first kappa shape index (κ1) is 13.5. The van der Waals surface area contributed by atoms with Gasteiger partial charge in [0.25, 0.3) is 0 Å². The molecule has 0 aromatic carbocycles. The Morgan fingerprint density at radius 1 is 1.59 bits per heavy atom. The lowest BCUT2D eigenvalue weighted by Crippen LogP contribution is -2.52. The number of cyclic esters (lactones) is 1. The third-order valence-corrected chi connectivity index (χ3v) is 3.15. The van der Waals surface area contributed by atoms with E-state index in [1.165, 1.54) is 0 Å². The molecule has 5 heteroatoms. The number of nitrogens with zero attached hydrogens (tertiary/aromatic N) is 1. The number of carbonyl (C=O) groups excluding carboxylic acids is 2. The van der Waals surface area contributed by atoms with Crippen molar-refractivity contribution in [2.24, 2.45) is 5.41 Å². The third-order valence-electron chi connectivity index (χ3n) is 3.15. The van der Waals surface area contributed by atoms with E-state index in [0.29, 0.717) is 6.42 Å². The molecule has 1 fully saturated rings. The van der Waals surface area contributed by atoms with E-state index in [2.05, 4.69) is 4.85 Å². The average Bonchev–Trinajstić information content (AvgIpc) is 2.33. The monoisotopic (exact) mass is 239 g/mol. The summed E-state index contributed by atoms with van der Waals surface area (Å²) in [6, 6.07) is 0. The molecule has 94 valence electrons. The molecule has 0 radical (unpaired) electrons. The second kappa shape index (κ2) is 4.74. The van der Waals surface area contributed by atoms with Crippen LogP contribution in [0.1, 0.15) is 33.6 Å². The fraction of sp³-hybridized carbons (Fsp3) is 0.750. The zero-order valence-electron chi connectivity index (χ0n) is 10.4. The largest absolute Gasteiger partial charge is 0.465 e. The zero-order valence-corrected chi connectivity index (χ0v) is 10.4. The maximum absolute atomic E-state index is 11.8. The van der Waals surface area contributed by atoms with Crippen LogP contribution in [0.4, 0.5) is 0 Å². The highest BCUT2D eigenvalue weighted by molar-refractivity contribution is 5.87. The third kappa shape index (κ3) is 2.26. The van der Waals surface area contributed by atoms with Crippen molar-refractivity contribution in [1.29, 1.82) is 0 Å². The van der Waals surface area contributed by atoms with Gasteiger partial charge in [-0.05, 0) is 13.8 Å². The summed E-state index contributed by atoms with van der Waals surface area (Å²) in [5, 5.41) is 0. The van der Waals surface area contributed by atoms with E-state index < -0.39 is 22.9 Å². The molecule has 1 aliphatic rings. The topological polar surface area (TPSA) is 57.0 Å². The molecule has 5 nitrogen and oxygen atoms in total. The van der Waals surface area contributed by atoms with Crippen LogP contribution in [0.5, 0.6) is 0 Å². The van der Waals surface area contributed by atoms with E-state index in [4.69, 9.17) is 16.0 Å². The van der Waals surface area contributed by atoms with Crippen molar-refractivity contribution in [3.05, 3.63) is 11.4 Å². The Bertz CT molecular complexity index is 373. The van der Waals surface area contributed by atoms with Crippen molar-refractivity contribution in [3.8, 4) is 0 Å². The summed E-state index contributed by atoms with van der Waals surface area (Å²) in [6.07, 6.45) is 0.502. The highest BCUT2D eigenvalue weighted by Crippen LogP contribution is 2.39. The van der Waals surface area contributed by atoms with Gasteiger partial charge in [0.2, 0.25) is 0 Å². The van der Waals surface area contributed by atoms with Crippen molar-refractivity contribution < 1.29 is 19.1 Å². The number of rotatable bonds is 3. The van der Waals surface area contributed by atoms with Gasteiger partial charge < -0.3 is 9.47 Å². The predicted octanol–water partition coefficient (Wildman–Crippen LogP) is 1.57. The first-order chi connectivity index (χ1) is 7.94. The minimum Gasteiger partial charge on any atom is -0.465 e. The van der Waals surface area contributed by atoms with Gasteiger partial charge >= 0.3 is 17.5 Å². The molecule has 1 saturated heterocycles. The van der Waals surface area contributed by atoms with Crippen LogP contribution in [0.25, 0.3) is 4.85 Å². The van der Waals surface area contributed by atoms with E-state index in [0.717, 1.165) is 0 Å². The number of ether oxygens (including phenoxy) is 2. The first-order valence-corrected chi connectivity index (χ1v) is 5.67. The van der Waals surface area contributed by atoms with E-state index in [9.17, 15) is 9.59 Å². The van der Waals surface area contributed by atoms with Gasteiger partial charge in [-0.1, -0.05) is 6.92 Å². The van der Waals surface area contributed by atoms with Crippen LogP contribution in [-0.2, 0) is 19.1 Å². The highest BCUT2D eigenvalue weighted by atomic mass is 16.6. The van der Waals surface area contributed by atoms with Crippen LogP contribution in [0.3, 0.4) is 0 Å². The summed E-state index contributed by atoms with van der Waals surface area (Å²) in [4.78, 5) is 26.9. The smallest absolute Gasteiger partial charge is 0.393 e. The highest BCUT2D eigenvalue weighted by Gasteiger charge is 2.58. The second-order valence-corrected chi connectivity index (χ2v) is 4.53. The molecule has 0 N–H and O–H groups in total. The van der Waals surface area contributed by atoms with Crippen molar-refractivity contribution in [2.75, 3.05) is 13.2 Å². The van der Waals surface area contributed by atoms with E-state index in [1.54, 1.807) is 20.8 Å². The number of carbonyl (C=O) groups is 2. The van der Waals surface area contributed by atoms with E-state index in [-0.39, 0.29) is 19.6 Å². The number of hydrogen-bond donors (Lipinski definition) is 0. The lowest BCUT2D eigenvalue weighted by atomic mass is 9.74. The minimum absolute atomic E-state index is 0.0120. The number of hydrogen-bond acceptors (Lipinski definition) is 4. The van der Waals surface area contributed by atoms with Gasteiger partial charge in [-0.25, -0.2) is 11.4 Å². The predicted molar refractivity (Wildman–Crippen MR) is 59.9 cm³/mol. The van der Waals surface area contributed by atoms with Crippen LogP contribution in [0, 0.1) is 12.0 Å². The Hall–Kier alpha value is -1.57. The SMILES string of the molecule is [C-]#[N+]C1(CC)CC(C)(C(=O)OCC)COC1=O. The lowest BCUT2D eigenvalue weighted by Gasteiger charge is -2.35. The van der Waals surface area contributed by atoms with E-state index >= 15 is 0 Å². The van der Waals surface area contributed by atoms with Crippen molar-refractivity contribution >= 4 is 11.9 Å². The molecule has 0 aliphatic carbocycles. The Kier molecular flexibility index (Phi) is 3.76. The summed E-state index contributed by atoms with van der Waals surface area (Å²) in [7, 11) is 0. The summed E-state index contributed by atoms with van der Waals surface area (Å²) in [6.45, 7) is 12.6. The molecule has 2 unspecified atom stereocenters. The normalized spacial score (nSPS) is 32.5.